The number of nitrogens with zero attached hydrogens (tertiary/aromatic N) is 1. The number of urea groups is 1. The highest BCUT2D eigenvalue weighted by Gasteiger charge is 2.31. The molecule has 0 saturated heterocycles. The van der Waals surface area contributed by atoms with E-state index in [2.05, 4.69) is 29.0 Å². The summed E-state index contributed by atoms with van der Waals surface area (Å²) >= 11 is 0. The number of rotatable bonds is 5. The van der Waals surface area contributed by atoms with E-state index in [1.807, 2.05) is 54.6 Å². The molecule has 1 atom stereocenters. The molecule has 0 aliphatic heterocycles. The lowest BCUT2D eigenvalue weighted by atomic mass is 9.78. The van der Waals surface area contributed by atoms with Gasteiger partial charge in [0, 0.05) is 10.9 Å². The first-order valence-electron chi connectivity index (χ1n) is 14.7. The third-order valence-electron chi connectivity index (χ3n) is 8.72. The van der Waals surface area contributed by atoms with Crippen LogP contribution in [0.2, 0.25) is 0 Å². The lowest BCUT2D eigenvalue weighted by molar-refractivity contribution is -0.274. The predicted octanol–water partition coefficient (Wildman–Crippen LogP) is 8.66. The summed E-state index contributed by atoms with van der Waals surface area (Å²) in [6.07, 6.45) is 1.13. The van der Waals surface area contributed by atoms with Crippen LogP contribution in [0.4, 0.5) is 23.7 Å². The Bertz CT molecular complexity index is 2030. The van der Waals surface area contributed by atoms with Gasteiger partial charge in [-0.3, -0.25) is 4.90 Å². The highest BCUT2D eigenvalue weighted by molar-refractivity contribution is 6.12. The maximum atomic E-state index is 13.1. The molecule has 0 fully saturated rings. The summed E-state index contributed by atoms with van der Waals surface area (Å²) in [7, 11) is 0. The van der Waals surface area contributed by atoms with Crippen molar-refractivity contribution in [1.82, 2.24) is 0 Å². The molecule has 5 aromatic rings. The van der Waals surface area contributed by atoms with Crippen molar-refractivity contribution in [2.45, 2.75) is 38.3 Å². The van der Waals surface area contributed by atoms with Crippen molar-refractivity contribution in [3.63, 3.8) is 0 Å². The second-order valence-electron chi connectivity index (χ2n) is 11.4. The van der Waals surface area contributed by atoms with Crippen molar-refractivity contribution < 1.29 is 27.8 Å². The van der Waals surface area contributed by atoms with Crippen molar-refractivity contribution in [2.24, 2.45) is 5.73 Å². The molecule has 7 rings (SSSR count). The average Bonchev–Trinajstić information content (AvgIpc) is 3.03. The number of hydrogen-bond acceptors (Lipinski definition) is 3. The van der Waals surface area contributed by atoms with Crippen molar-refractivity contribution >= 4 is 38.8 Å². The Balaban J connectivity index is 1.37. The summed E-state index contributed by atoms with van der Waals surface area (Å²) in [5, 5.41) is 14.5. The number of carbonyl (C=O) groups excluding carboxylic acids is 1. The van der Waals surface area contributed by atoms with Crippen molar-refractivity contribution in [2.75, 3.05) is 4.90 Å². The van der Waals surface area contributed by atoms with Crippen molar-refractivity contribution in [3.05, 3.63) is 125 Å². The Labute approximate surface area is 257 Å². The number of nitrogens with two attached hydrogens (primary N) is 1. The van der Waals surface area contributed by atoms with Gasteiger partial charge in [0.25, 0.3) is 0 Å². The van der Waals surface area contributed by atoms with Crippen LogP contribution in [0.15, 0.2) is 109 Å². The van der Waals surface area contributed by atoms with Crippen LogP contribution >= 0.6 is 0 Å². The van der Waals surface area contributed by atoms with Gasteiger partial charge in [-0.2, -0.15) is 0 Å². The Hall–Kier alpha value is -5.08. The van der Waals surface area contributed by atoms with Crippen LogP contribution in [-0.4, -0.2) is 23.6 Å². The Kier molecular flexibility index (Phi) is 7.09. The quantitative estimate of drug-likeness (QED) is 0.210. The molecule has 0 bridgehead atoms. The first-order chi connectivity index (χ1) is 21.7. The zero-order valence-corrected chi connectivity index (χ0v) is 24.1. The minimum atomic E-state index is -4.80. The molecule has 8 heteroatoms. The third kappa shape index (κ3) is 5.31. The monoisotopic (exact) mass is 606 g/mol. The molecular formula is C37H29F3N2O3. The summed E-state index contributed by atoms with van der Waals surface area (Å²) in [5.74, 6) is -0.345. The molecule has 2 amide bonds. The maximum Gasteiger partial charge on any atom is 0.573 e. The summed E-state index contributed by atoms with van der Waals surface area (Å²) < 4.78 is 42.2. The van der Waals surface area contributed by atoms with E-state index in [0.717, 1.165) is 62.2 Å². The molecule has 5 nitrogen and oxygen atoms in total. The smallest absolute Gasteiger partial charge is 0.406 e. The van der Waals surface area contributed by atoms with Gasteiger partial charge in [0.2, 0.25) is 0 Å². The molecular weight excluding hydrogens is 577 g/mol. The molecule has 1 unspecified atom stereocenters. The number of anilines is 1. The van der Waals surface area contributed by atoms with Crippen LogP contribution in [0.3, 0.4) is 0 Å². The predicted molar refractivity (Wildman–Crippen MR) is 171 cm³/mol. The number of allylic oxidation sites excluding steroid dienone is 2. The topological polar surface area (TPSA) is 75.8 Å². The number of amides is 2. The molecule has 5 aromatic carbocycles. The molecule has 3 N–H and O–H groups in total. The lowest BCUT2D eigenvalue weighted by Gasteiger charge is -2.29. The fourth-order valence-corrected chi connectivity index (χ4v) is 6.75. The number of primary amides is 1. The fraction of sp³-hybridized carbons (Fsp3) is 0.162. The highest BCUT2D eigenvalue weighted by Crippen LogP contribution is 2.45. The van der Waals surface area contributed by atoms with Gasteiger partial charge in [-0.25, -0.2) is 4.79 Å². The number of carbonyl (C=O) groups is 1. The standard InChI is InChI=1S/C37H29F3N2O3/c38-37(39,40)45-24-14-11-22(12-15-24)21-42(36(41)44)35-25-6-2-1-5-23(25)13-16-33(35)28-8-3-7-26-29(28)17-18-31-27-9-4-10-34(43)32(27)20-19-30(26)31/h1-9,11-18,34,43H,10,19-21H2,(H2,41,44). The Morgan fingerprint density at radius 2 is 1.60 bits per heavy atom. The zero-order valence-electron chi connectivity index (χ0n) is 24.1. The van der Waals surface area contributed by atoms with E-state index in [0.29, 0.717) is 17.7 Å². The molecule has 0 spiro atoms. The van der Waals surface area contributed by atoms with Gasteiger partial charge in [-0.15, -0.1) is 13.2 Å². The number of aliphatic hydroxyl groups is 1. The average molecular weight is 607 g/mol. The van der Waals surface area contributed by atoms with Crippen LogP contribution in [0, 0.1) is 0 Å². The summed E-state index contributed by atoms with van der Waals surface area (Å²) in [6.45, 7) is 0.0361. The summed E-state index contributed by atoms with van der Waals surface area (Å²) in [4.78, 5) is 14.6. The number of halogens is 3. The lowest BCUT2D eigenvalue weighted by Crippen LogP contribution is -2.35. The van der Waals surface area contributed by atoms with Crippen molar-refractivity contribution in [1.29, 1.82) is 0 Å². The molecule has 0 saturated carbocycles. The molecule has 0 aromatic heterocycles. The zero-order chi connectivity index (χ0) is 31.3. The second kappa shape index (κ2) is 11.1. The first kappa shape index (κ1) is 28.7. The van der Waals surface area contributed by atoms with Gasteiger partial charge < -0.3 is 15.6 Å². The number of benzene rings is 5. The van der Waals surface area contributed by atoms with E-state index in [1.54, 1.807) is 0 Å². The molecule has 226 valence electrons. The van der Waals surface area contributed by atoms with Gasteiger partial charge in [0.05, 0.1) is 18.3 Å². The summed E-state index contributed by atoms with van der Waals surface area (Å²) in [5.41, 5.74) is 13.5. The third-order valence-corrected chi connectivity index (χ3v) is 8.72. The van der Waals surface area contributed by atoms with Gasteiger partial charge in [-0.05, 0) is 81.0 Å². The van der Waals surface area contributed by atoms with Gasteiger partial charge in [0.15, 0.2) is 0 Å². The number of hydrogen-bond donors (Lipinski definition) is 2. The van der Waals surface area contributed by atoms with Crippen LogP contribution in [0.25, 0.3) is 38.2 Å². The molecule has 45 heavy (non-hydrogen) atoms. The van der Waals surface area contributed by atoms with Gasteiger partial charge >= 0.3 is 12.4 Å². The van der Waals surface area contributed by atoms with E-state index in [9.17, 15) is 23.1 Å². The van der Waals surface area contributed by atoms with E-state index in [4.69, 9.17) is 5.73 Å². The fourth-order valence-electron chi connectivity index (χ4n) is 6.75. The number of ether oxygens (including phenoxy) is 1. The SMILES string of the molecule is NC(=O)N(Cc1ccc(OC(F)(F)F)cc1)c1c(-c2cccc3c4c(ccc23)C2=C(CC4)C(O)CC=C2)ccc2ccccc12. The van der Waals surface area contributed by atoms with Gasteiger partial charge in [-0.1, -0.05) is 91.0 Å². The second-order valence-corrected chi connectivity index (χ2v) is 11.4. The largest absolute Gasteiger partial charge is 0.573 e. The van der Waals surface area contributed by atoms with E-state index < -0.39 is 18.5 Å². The van der Waals surface area contributed by atoms with Gasteiger partial charge in [0.1, 0.15) is 5.75 Å². The number of alkyl halides is 3. The van der Waals surface area contributed by atoms with E-state index in [1.165, 1.54) is 34.7 Å². The number of aliphatic hydroxyl groups excluding tert-OH is 1. The Morgan fingerprint density at radius 3 is 2.38 bits per heavy atom. The highest BCUT2D eigenvalue weighted by atomic mass is 19.4. The van der Waals surface area contributed by atoms with Crippen LogP contribution in [-0.2, 0) is 13.0 Å². The van der Waals surface area contributed by atoms with Crippen LogP contribution in [0.1, 0.15) is 29.5 Å². The van der Waals surface area contributed by atoms with Crippen molar-refractivity contribution in [3.8, 4) is 16.9 Å². The summed E-state index contributed by atoms with van der Waals surface area (Å²) in [6, 6.07) is 26.8. The first-order valence-corrected chi connectivity index (χ1v) is 14.7. The van der Waals surface area contributed by atoms with Crippen LogP contribution in [0.5, 0.6) is 5.75 Å². The number of fused-ring (bicyclic) bond motifs is 5. The Morgan fingerprint density at radius 1 is 0.844 bits per heavy atom. The van der Waals surface area contributed by atoms with Crippen LogP contribution < -0.4 is 15.4 Å². The molecule has 2 aliphatic carbocycles. The molecule has 2 aliphatic rings. The number of aryl methyl sites for hydroxylation is 1. The minimum absolute atomic E-state index is 0.0361. The normalized spacial score (nSPS) is 16.0. The van der Waals surface area contributed by atoms with E-state index >= 15 is 0 Å². The maximum absolute atomic E-state index is 13.1. The molecule has 0 heterocycles. The van der Waals surface area contributed by atoms with E-state index in [-0.39, 0.29) is 12.3 Å². The molecule has 0 radical (unpaired) electrons. The minimum Gasteiger partial charge on any atom is -0.406 e.